The zero-order chi connectivity index (χ0) is 30.1. The Hall–Kier alpha value is -4.04. The molecular weight excluding hydrogens is 594 g/mol. The minimum atomic E-state index is -4.91. The van der Waals surface area contributed by atoms with Crippen molar-refractivity contribution in [3.8, 4) is 0 Å². The highest BCUT2D eigenvalue weighted by Gasteiger charge is 2.33. The minimum absolute atomic E-state index is 0.179. The van der Waals surface area contributed by atoms with Gasteiger partial charge in [0.25, 0.3) is 20.0 Å². The molecule has 0 aliphatic rings. The number of benzene rings is 4. The Labute approximate surface area is 231 Å². The highest BCUT2D eigenvalue weighted by molar-refractivity contribution is 7.93. The molecule has 216 valence electrons. The predicted octanol–water partition coefficient (Wildman–Crippen LogP) is 6.92. The minimum Gasteiger partial charge on any atom is -0.280 e. The van der Waals surface area contributed by atoms with E-state index in [1.807, 2.05) is 0 Å². The van der Waals surface area contributed by atoms with Crippen LogP contribution >= 0.6 is 0 Å². The van der Waals surface area contributed by atoms with Crippen LogP contribution in [-0.2, 0) is 38.8 Å². The standard InChI is InChI=1S/C27H20F6N2O4S2/c28-26(29,30)20-12-18(14-22(16-20)34-40(36,37)24-7-3-1-4-8-24)11-19-13-21(27(31,32)33)17-23(15-19)35-41(38,39)25-9-5-2-6-10-25/h1-10,12-17,34-35H,11H2. The summed E-state index contributed by atoms with van der Waals surface area (Å²) in [7, 11) is -8.57. The first kappa shape index (κ1) is 29.9. The monoisotopic (exact) mass is 614 g/mol. The molecular formula is C27H20F6N2O4S2. The van der Waals surface area contributed by atoms with Gasteiger partial charge in [0.15, 0.2) is 0 Å². The fourth-order valence-corrected chi connectivity index (χ4v) is 6.02. The summed E-state index contributed by atoms with van der Waals surface area (Å²) in [6.07, 6.45) is -10.3. The summed E-state index contributed by atoms with van der Waals surface area (Å²) >= 11 is 0. The Morgan fingerprint density at radius 2 is 0.854 bits per heavy atom. The van der Waals surface area contributed by atoms with Crippen LogP contribution in [0.2, 0.25) is 0 Å². The van der Waals surface area contributed by atoms with Gasteiger partial charge in [-0.2, -0.15) is 26.3 Å². The SMILES string of the molecule is O=S(=O)(Nc1cc(Cc2cc(NS(=O)(=O)c3ccccc3)cc(C(F)(F)F)c2)cc(C(F)(F)F)c1)c1ccccc1. The lowest BCUT2D eigenvalue weighted by Crippen LogP contribution is -2.15. The largest absolute Gasteiger partial charge is 0.416 e. The molecule has 0 fully saturated rings. The number of alkyl halides is 6. The van der Waals surface area contributed by atoms with Gasteiger partial charge in [-0.3, -0.25) is 9.44 Å². The van der Waals surface area contributed by atoms with Crippen LogP contribution in [0.25, 0.3) is 0 Å². The van der Waals surface area contributed by atoms with Gasteiger partial charge in [0.2, 0.25) is 0 Å². The van der Waals surface area contributed by atoms with Gasteiger partial charge in [-0.05, 0) is 78.2 Å². The van der Waals surface area contributed by atoms with E-state index in [4.69, 9.17) is 0 Å². The Bertz CT molecular complexity index is 1630. The number of rotatable bonds is 8. The zero-order valence-corrected chi connectivity index (χ0v) is 22.3. The Kier molecular flexibility index (Phi) is 8.09. The summed E-state index contributed by atoms with van der Waals surface area (Å²) in [5, 5.41) is 0. The topological polar surface area (TPSA) is 92.3 Å². The second-order valence-corrected chi connectivity index (χ2v) is 12.2. The number of hydrogen-bond donors (Lipinski definition) is 2. The molecule has 0 aliphatic heterocycles. The molecule has 6 nitrogen and oxygen atoms in total. The van der Waals surface area contributed by atoms with Crippen molar-refractivity contribution in [2.45, 2.75) is 28.6 Å². The molecule has 2 N–H and O–H groups in total. The van der Waals surface area contributed by atoms with Crippen molar-refractivity contribution in [1.29, 1.82) is 0 Å². The van der Waals surface area contributed by atoms with E-state index < -0.39 is 61.3 Å². The van der Waals surface area contributed by atoms with E-state index in [9.17, 15) is 43.2 Å². The molecule has 0 unspecified atom stereocenters. The van der Waals surface area contributed by atoms with Crippen molar-refractivity contribution >= 4 is 31.4 Å². The number of nitrogens with one attached hydrogen (secondary N) is 2. The maximum absolute atomic E-state index is 13.7. The summed E-state index contributed by atoms with van der Waals surface area (Å²) in [6.45, 7) is 0. The van der Waals surface area contributed by atoms with Gasteiger partial charge in [0.05, 0.1) is 20.9 Å². The van der Waals surface area contributed by atoms with Gasteiger partial charge >= 0.3 is 12.4 Å². The first-order valence-corrected chi connectivity index (χ1v) is 14.6. The second kappa shape index (κ2) is 11.1. The molecule has 4 aromatic rings. The number of hydrogen-bond acceptors (Lipinski definition) is 4. The molecule has 0 radical (unpaired) electrons. The van der Waals surface area contributed by atoms with Gasteiger partial charge in [-0.1, -0.05) is 36.4 Å². The van der Waals surface area contributed by atoms with Crippen molar-refractivity contribution in [2.75, 3.05) is 9.44 Å². The molecule has 4 aromatic carbocycles. The normalized spacial score (nSPS) is 12.6. The maximum atomic E-state index is 13.7. The summed E-state index contributed by atoms with van der Waals surface area (Å²) in [4.78, 5) is -0.431. The zero-order valence-electron chi connectivity index (χ0n) is 20.7. The molecule has 0 saturated heterocycles. The second-order valence-electron chi connectivity index (χ2n) is 8.85. The third-order valence-corrected chi connectivity index (χ3v) is 8.45. The number of anilines is 2. The smallest absolute Gasteiger partial charge is 0.280 e. The molecule has 0 heterocycles. The van der Waals surface area contributed by atoms with Crippen molar-refractivity contribution in [3.05, 3.63) is 119 Å². The van der Waals surface area contributed by atoms with Gasteiger partial charge < -0.3 is 0 Å². The lowest BCUT2D eigenvalue weighted by atomic mass is 9.99. The lowest BCUT2D eigenvalue weighted by Gasteiger charge is -2.16. The first-order chi connectivity index (χ1) is 19.0. The van der Waals surface area contributed by atoms with Crippen LogP contribution in [0.5, 0.6) is 0 Å². The van der Waals surface area contributed by atoms with Gasteiger partial charge in [-0.25, -0.2) is 16.8 Å². The molecule has 41 heavy (non-hydrogen) atoms. The molecule has 0 aliphatic carbocycles. The van der Waals surface area contributed by atoms with E-state index in [0.29, 0.717) is 24.3 Å². The number of halogens is 6. The first-order valence-electron chi connectivity index (χ1n) is 11.6. The molecule has 0 aromatic heterocycles. The highest BCUT2D eigenvalue weighted by atomic mass is 32.2. The van der Waals surface area contributed by atoms with Crippen LogP contribution in [0.1, 0.15) is 22.3 Å². The molecule has 0 spiro atoms. The van der Waals surface area contributed by atoms with Crippen LogP contribution < -0.4 is 9.44 Å². The lowest BCUT2D eigenvalue weighted by molar-refractivity contribution is -0.138. The maximum Gasteiger partial charge on any atom is 0.416 e. The van der Waals surface area contributed by atoms with Gasteiger partial charge in [0, 0.05) is 11.4 Å². The third-order valence-electron chi connectivity index (χ3n) is 5.66. The van der Waals surface area contributed by atoms with Crippen LogP contribution in [0.4, 0.5) is 37.7 Å². The predicted molar refractivity (Wildman–Crippen MR) is 140 cm³/mol. The molecule has 4 rings (SSSR count). The van der Waals surface area contributed by atoms with Crippen molar-refractivity contribution in [3.63, 3.8) is 0 Å². The van der Waals surface area contributed by atoms with E-state index in [1.54, 1.807) is 12.1 Å². The van der Waals surface area contributed by atoms with E-state index in [1.165, 1.54) is 48.5 Å². The Morgan fingerprint density at radius 1 is 0.512 bits per heavy atom. The summed E-state index contributed by atoms with van der Waals surface area (Å²) < 4.78 is 137. The van der Waals surface area contributed by atoms with E-state index in [-0.39, 0.29) is 20.9 Å². The van der Waals surface area contributed by atoms with Crippen LogP contribution in [0.3, 0.4) is 0 Å². The van der Waals surface area contributed by atoms with E-state index >= 15 is 0 Å². The van der Waals surface area contributed by atoms with Gasteiger partial charge in [-0.15, -0.1) is 0 Å². The summed E-state index contributed by atoms with van der Waals surface area (Å²) in [5.41, 5.74) is -3.76. The quantitative estimate of drug-likeness (QED) is 0.211. The Balaban J connectivity index is 1.74. The third kappa shape index (κ3) is 7.58. The molecule has 0 bridgehead atoms. The van der Waals surface area contributed by atoms with Gasteiger partial charge in [0.1, 0.15) is 0 Å². The Morgan fingerprint density at radius 3 is 1.17 bits per heavy atom. The van der Waals surface area contributed by atoms with Crippen LogP contribution in [0.15, 0.2) is 107 Å². The van der Waals surface area contributed by atoms with E-state index in [0.717, 1.165) is 12.1 Å². The summed E-state index contributed by atoms with van der Waals surface area (Å²) in [5.74, 6) is 0. The van der Waals surface area contributed by atoms with Crippen LogP contribution in [-0.4, -0.2) is 16.8 Å². The molecule has 14 heteroatoms. The number of sulfonamides is 2. The average molecular weight is 615 g/mol. The van der Waals surface area contributed by atoms with Crippen molar-refractivity contribution in [1.82, 2.24) is 0 Å². The molecule has 0 amide bonds. The highest BCUT2D eigenvalue weighted by Crippen LogP contribution is 2.36. The van der Waals surface area contributed by atoms with Crippen molar-refractivity contribution < 1.29 is 43.2 Å². The van der Waals surface area contributed by atoms with Crippen LogP contribution in [0, 0.1) is 0 Å². The molecule has 0 saturated carbocycles. The fraction of sp³-hybridized carbons (Fsp3) is 0.111. The molecule has 0 atom stereocenters. The van der Waals surface area contributed by atoms with E-state index in [2.05, 4.69) is 9.44 Å². The fourth-order valence-electron chi connectivity index (χ4n) is 3.90. The van der Waals surface area contributed by atoms with Crippen molar-refractivity contribution in [2.24, 2.45) is 0 Å². The average Bonchev–Trinajstić information content (AvgIpc) is 2.88. The summed E-state index contributed by atoms with van der Waals surface area (Å²) in [6, 6.07) is 18.3.